The van der Waals surface area contributed by atoms with Crippen LogP contribution in [0.5, 0.6) is 0 Å². The van der Waals surface area contributed by atoms with E-state index in [4.69, 9.17) is 0 Å². The highest BCUT2D eigenvalue weighted by Crippen LogP contribution is 2.66. The lowest BCUT2D eigenvalue weighted by molar-refractivity contribution is -0.0905. The molecule has 28 heavy (non-hydrogen) atoms. The average molecular weight is 386 g/mol. The van der Waals surface area contributed by atoms with Gasteiger partial charge in [-0.15, -0.1) is 0 Å². The van der Waals surface area contributed by atoms with E-state index in [9.17, 15) is 5.11 Å². The van der Waals surface area contributed by atoms with Crippen molar-refractivity contribution in [3.05, 3.63) is 22.8 Å². The molecule has 0 bridgehead atoms. The molecule has 0 aromatic carbocycles. The fraction of sp³-hybridized carbons (Fsp3) is 0.846. The molecule has 1 fully saturated rings. The number of hydrogen-bond donors (Lipinski definition) is 1. The second-order valence-corrected chi connectivity index (χ2v) is 12.0. The Kier molecular flexibility index (Phi) is 4.95. The van der Waals surface area contributed by atoms with Crippen LogP contribution in [0.25, 0.3) is 0 Å². The van der Waals surface area contributed by atoms with Crippen LogP contribution in [0.3, 0.4) is 0 Å². The highest BCUT2D eigenvalue weighted by atomic mass is 16.3. The van der Waals surface area contributed by atoms with Gasteiger partial charge in [0, 0.05) is 6.54 Å². The molecule has 0 unspecified atom stereocenters. The fourth-order valence-corrected chi connectivity index (χ4v) is 8.28. The molecule has 0 heterocycles. The summed E-state index contributed by atoms with van der Waals surface area (Å²) >= 11 is 0. The number of hydrogen-bond acceptors (Lipinski definition) is 2. The maximum absolute atomic E-state index is 10.7. The van der Waals surface area contributed by atoms with Gasteiger partial charge in [0.2, 0.25) is 0 Å². The summed E-state index contributed by atoms with van der Waals surface area (Å²) in [6.07, 6.45) is 11.0. The molecule has 0 amide bonds. The van der Waals surface area contributed by atoms with E-state index in [-0.39, 0.29) is 11.5 Å². The van der Waals surface area contributed by atoms with E-state index >= 15 is 0 Å². The summed E-state index contributed by atoms with van der Waals surface area (Å²) in [5.74, 6) is 2.15. The third-order valence-electron chi connectivity index (χ3n) is 9.77. The Morgan fingerprint density at radius 1 is 1.07 bits per heavy atom. The minimum atomic E-state index is -0.136. The molecule has 6 atom stereocenters. The molecule has 4 aliphatic rings. The number of rotatable bonds is 3. The van der Waals surface area contributed by atoms with Crippen molar-refractivity contribution in [1.82, 2.24) is 4.90 Å². The summed E-state index contributed by atoms with van der Waals surface area (Å²) in [6.45, 7) is 13.4. The number of fused-ring (bicyclic) bond motifs is 4. The van der Waals surface area contributed by atoms with E-state index in [1.54, 1.807) is 16.7 Å². The molecule has 0 aromatic rings. The van der Waals surface area contributed by atoms with Crippen LogP contribution < -0.4 is 0 Å². The van der Waals surface area contributed by atoms with Crippen molar-refractivity contribution >= 4 is 0 Å². The first-order valence-electron chi connectivity index (χ1n) is 11.8. The van der Waals surface area contributed by atoms with Gasteiger partial charge in [-0.25, -0.2) is 0 Å². The highest BCUT2D eigenvalue weighted by molar-refractivity contribution is 5.49. The summed E-state index contributed by atoms with van der Waals surface area (Å²) < 4.78 is 0. The first-order valence-corrected chi connectivity index (χ1v) is 11.8. The average Bonchev–Trinajstić information content (AvgIpc) is 2.95. The van der Waals surface area contributed by atoms with Crippen molar-refractivity contribution in [1.29, 1.82) is 0 Å². The number of aliphatic hydroxyl groups is 1. The number of allylic oxidation sites excluding steroid dienone is 4. The van der Waals surface area contributed by atoms with Gasteiger partial charge in [-0.3, -0.25) is 0 Å². The van der Waals surface area contributed by atoms with Crippen LogP contribution in [0.1, 0.15) is 79.6 Å². The van der Waals surface area contributed by atoms with E-state index in [2.05, 4.69) is 59.7 Å². The van der Waals surface area contributed by atoms with Gasteiger partial charge in [0.1, 0.15) is 0 Å². The van der Waals surface area contributed by atoms with Crippen LogP contribution in [0.4, 0.5) is 0 Å². The second-order valence-electron chi connectivity index (χ2n) is 12.0. The van der Waals surface area contributed by atoms with Crippen LogP contribution in [-0.2, 0) is 0 Å². The molecular weight excluding hydrogens is 342 g/mol. The van der Waals surface area contributed by atoms with Crippen LogP contribution in [0.15, 0.2) is 22.8 Å². The molecule has 158 valence electrons. The molecule has 0 radical (unpaired) electrons. The zero-order valence-electron chi connectivity index (χ0n) is 19.4. The van der Waals surface area contributed by atoms with E-state index in [1.165, 1.54) is 45.1 Å². The van der Waals surface area contributed by atoms with Crippen LogP contribution in [0, 0.1) is 34.0 Å². The summed E-state index contributed by atoms with van der Waals surface area (Å²) in [7, 11) is 4.43. The third-order valence-corrected chi connectivity index (χ3v) is 9.77. The van der Waals surface area contributed by atoms with Gasteiger partial charge in [0.25, 0.3) is 0 Å². The normalized spacial score (nSPS) is 43.3. The molecule has 4 aliphatic carbocycles. The summed E-state index contributed by atoms with van der Waals surface area (Å²) in [4.78, 5) is 2.36. The van der Waals surface area contributed by atoms with E-state index < -0.39 is 0 Å². The Balaban J connectivity index is 1.68. The first-order chi connectivity index (χ1) is 13.0. The predicted molar refractivity (Wildman–Crippen MR) is 118 cm³/mol. The number of nitrogens with zero attached hydrogens (tertiary/aromatic N) is 1. The summed E-state index contributed by atoms with van der Waals surface area (Å²) in [5.41, 5.74) is 5.98. The third kappa shape index (κ3) is 2.81. The largest absolute Gasteiger partial charge is 0.393 e. The first kappa shape index (κ1) is 20.7. The quantitative estimate of drug-likeness (QED) is 0.661. The van der Waals surface area contributed by atoms with E-state index in [1.807, 2.05) is 0 Å². The Bertz CT molecular complexity index is 701. The number of aliphatic hydroxyl groups excluding tert-OH is 1. The van der Waals surface area contributed by atoms with Crippen LogP contribution >= 0.6 is 0 Å². The molecular formula is C26H43NO. The highest BCUT2D eigenvalue weighted by Gasteiger charge is 2.57. The zero-order valence-corrected chi connectivity index (χ0v) is 19.4. The minimum Gasteiger partial charge on any atom is -0.393 e. The summed E-state index contributed by atoms with van der Waals surface area (Å²) in [6, 6.07) is 0. The van der Waals surface area contributed by atoms with Crippen molar-refractivity contribution in [3.63, 3.8) is 0 Å². The molecule has 0 saturated heterocycles. The zero-order chi connectivity index (χ0) is 20.5. The molecule has 0 aromatic heterocycles. The lowest BCUT2D eigenvalue weighted by Crippen LogP contribution is -2.53. The molecule has 4 rings (SSSR count). The lowest BCUT2D eigenvalue weighted by Gasteiger charge is -2.59. The Morgan fingerprint density at radius 3 is 2.46 bits per heavy atom. The maximum atomic E-state index is 10.7. The Labute approximate surface area is 173 Å². The Morgan fingerprint density at radius 2 is 1.79 bits per heavy atom. The van der Waals surface area contributed by atoms with E-state index in [0.717, 1.165) is 18.3 Å². The van der Waals surface area contributed by atoms with Gasteiger partial charge in [-0.05, 0) is 104 Å². The van der Waals surface area contributed by atoms with Crippen molar-refractivity contribution in [2.45, 2.75) is 85.7 Å². The maximum Gasteiger partial charge on any atom is 0.0594 e. The van der Waals surface area contributed by atoms with E-state index in [0.29, 0.717) is 16.7 Å². The van der Waals surface area contributed by atoms with Gasteiger partial charge >= 0.3 is 0 Å². The topological polar surface area (TPSA) is 23.5 Å². The monoisotopic (exact) mass is 385 g/mol. The molecule has 1 N–H and O–H groups in total. The van der Waals surface area contributed by atoms with Crippen LogP contribution in [0.2, 0.25) is 0 Å². The van der Waals surface area contributed by atoms with Crippen molar-refractivity contribution in [3.8, 4) is 0 Å². The molecule has 1 saturated carbocycles. The fourth-order valence-electron chi connectivity index (χ4n) is 8.28. The van der Waals surface area contributed by atoms with Gasteiger partial charge in [-0.1, -0.05) is 46.3 Å². The molecule has 0 spiro atoms. The van der Waals surface area contributed by atoms with Gasteiger partial charge < -0.3 is 10.0 Å². The second kappa shape index (κ2) is 6.71. The standard InChI is InChI=1S/C26H43NO/c1-17(16-27(6)7)19-9-10-20-18-8-11-22-24(2,3)23(28)13-15-26(22,5)21(18)12-14-25(19,20)4/h10,17,19,22-23,28H,8-9,11-16H2,1-7H3/t17-,19-,22+,23+,25-,26-/m1/s1. The minimum absolute atomic E-state index is 0.0408. The molecule has 2 heteroatoms. The Hall–Kier alpha value is -0.600. The molecule has 0 aliphatic heterocycles. The van der Waals surface area contributed by atoms with Gasteiger partial charge in [0.05, 0.1) is 6.10 Å². The van der Waals surface area contributed by atoms with Crippen molar-refractivity contribution in [2.75, 3.05) is 20.6 Å². The van der Waals surface area contributed by atoms with Gasteiger partial charge in [-0.2, -0.15) is 0 Å². The lowest BCUT2D eigenvalue weighted by atomic mass is 9.46. The smallest absolute Gasteiger partial charge is 0.0594 e. The SMILES string of the molecule is C[C@H](CN(C)C)[C@H]1CC=C2C3=C(CC[C@@]21C)[C@@]1(C)CC[C@H](O)C(C)(C)[C@@H]1CC3. The van der Waals surface area contributed by atoms with Crippen molar-refractivity contribution < 1.29 is 5.11 Å². The van der Waals surface area contributed by atoms with Crippen molar-refractivity contribution in [2.24, 2.45) is 34.0 Å². The summed E-state index contributed by atoms with van der Waals surface area (Å²) in [5, 5.41) is 10.7. The van der Waals surface area contributed by atoms with Crippen LogP contribution in [-0.4, -0.2) is 36.8 Å². The predicted octanol–water partition coefficient (Wildman–Crippen LogP) is 5.82. The van der Waals surface area contributed by atoms with Gasteiger partial charge in [0.15, 0.2) is 0 Å². The molecule has 2 nitrogen and oxygen atoms in total.